The molecule has 0 radical (unpaired) electrons. The molecule has 0 aliphatic carbocycles. The Hall–Kier alpha value is -3.16. The molecule has 2 aromatic rings. The van der Waals surface area contributed by atoms with Crippen molar-refractivity contribution in [3.05, 3.63) is 47.9 Å². The SMILES string of the molecule is COc1ccccc1CCNC(=O)COC(=O)c1nccnc1N. The van der Waals surface area contributed by atoms with Gasteiger partial charge in [-0.05, 0) is 18.1 Å². The van der Waals surface area contributed by atoms with Crippen molar-refractivity contribution >= 4 is 17.7 Å². The fourth-order valence-corrected chi connectivity index (χ4v) is 2.00. The molecule has 0 fully saturated rings. The van der Waals surface area contributed by atoms with E-state index in [1.54, 1.807) is 7.11 Å². The Bertz CT molecular complexity index is 721. The van der Waals surface area contributed by atoms with Gasteiger partial charge in [-0.15, -0.1) is 0 Å². The molecule has 1 aromatic heterocycles. The molecule has 0 spiro atoms. The number of hydrogen-bond donors (Lipinski definition) is 2. The molecule has 0 atom stereocenters. The number of para-hydroxylation sites is 1. The predicted octanol–water partition coefficient (Wildman–Crippen LogP) is 0.583. The van der Waals surface area contributed by atoms with Crippen LogP contribution in [0, 0.1) is 0 Å². The van der Waals surface area contributed by atoms with E-state index in [1.165, 1.54) is 12.4 Å². The minimum absolute atomic E-state index is 0.0425. The third-order valence-electron chi connectivity index (χ3n) is 3.16. The van der Waals surface area contributed by atoms with E-state index in [-0.39, 0.29) is 11.5 Å². The second kappa shape index (κ2) is 8.47. The molecule has 3 N–H and O–H groups in total. The number of benzene rings is 1. The highest BCUT2D eigenvalue weighted by atomic mass is 16.5. The van der Waals surface area contributed by atoms with Crippen molar-refractivity contribution in [1.29, 1.82) is 0 Å². The first kappa shape index (κ1) is 17.2. The highest BCUT2D eigenvalue weighted by molar-refractivity contribution is 5.93. The van der Waals surface area contributed by atoms with E-state index in [0.717, 1.165) is 11.3 Å². The smallest absolute Gasteiger partial charge is 0.361 e. The zero-order chi connectivity index (χ0) is 17.4. The van der Waals surface area contributed by atoms with Gasteiger partial charge in [0.2, 0.25) is 0 Å². The highest BCUT2D eigenvalue weighted by Gasteiger charge is 2.15. The lowest BCUT2D eigenvalue weighted by molar-refractivity contribution is -0.124. The van der Waals surface area contributed by atoms with Crippen molar-refractivity contribution in [2.75, 3.05) is 26.0 Å². The van der Waals surface area contributed by atoms with E-state index < -0.39 is 18.5 Å². The molecule has 2 rings (SSSR count). The van der Waals surface area contributed by atoms with Gasteiger partial charge in [0.25, 0.3) is 5.91 Å². The average Bonchev–Trinajstić information content (AvgIpc) is 2.60. The normalized spacial score (nSPS) is 10.0. The number of nitrogens with one attached hydrogen (secondary N) is 1. The summed E-state index contributed by atoms with van der Waals surface area (Å²) in [6, 6.07) is 7.54. The lowest BCUT2D eigenvalue weighted by atomic mass is 10.1. The van der Waals surface area contributed by atoms with Gasteiger partial charge in [-0.1, -0.05) is 18.2 Å². The van der Waals surface area contributed by atoms with Crippen LogP contribution >= 0.6 is 0 Å². The summed E-state index contributed by atoms with van der Waals surface area (Å²) < 4.78 is 10.1. The van der Waals surface area contributed by atoms with Crippen molar-refractivity contribution in [3.8, 4) is 5.75 Å². The van der Waals surface area contributed by atoms with Crippen molar-refractivity contribution in [3.63, 3.8) is 0 Å². The average molecular weight is 330 g/mol. The summed E-state index contributed by atoms with van der Waals surface area (Å²) in [5.74, 6) is -0.489. The number of amides is 1. The van der Waals surface area contributed by atoms with E-state index in [2.05, 4.69) is 15.3 Å². The Labute approximate surface area is 139 Å². The Kier molecular flexibility index (Phi) is 6.07. The summed E-state index contributed by atoms with van der Waals surface area (Å²) in [7, 11) is 1.59. The minimum Gasteiger partial charge on any atom is -0.496 e. The molecule has 0 bridgehead atoms. The van der Waals surface area contributed by atoms with Crippen LogP contribution in [0.15, 0.2) is 36.7 Å². The van der Waals surface area contributed by atoms with Gasteiger partial charge >= 0.3 is 5.97 Å². The molecule has 0 saturated heterocycles. The van der Waals surface area contributed by atoms with Crippen LogP contribution in [0.4, 0.5) is 5.82 Å². The second-order valence-electron chi connectivity index (χ2n) is 4.78. The van der Waals surface area contributed by atoms with E-state index in [0.29, 0.717) is 13.0 Å². The fourth-order valence-electron chi connectivity index (χ4n) is 2.00. The molecule has 1 amide bonds. The zero-order valence-corrected chi connectivity index (χ0v) is 13.2. The number of nitrogens with zero attached hydrogens (tertiary/aromatic N) is 2. The maximum absolute atomic E-state index is 11.7. The van der Waals surface area contributed by atoms with E-state index >= 15 is 0 Å². The van der Waals surface area contributed by atoms with Crippen molar-refractivity contribution in [2.45, 2.75) is 6.42 Å². The molecule has 24 heavy (non-hydrogen) atoms. The highest BCUT2D eigenvalue weighted by Crippen LogP contribution is 2.17. The zero-order valence-electron chi connectivity index (χ0n) is 13.2. The third-order valence-corrected chi connectivity index (χ3v) is 3.16. The van der Waals surface area contributed by atoms with Gasteiger partial charge in [0, 0.05) is 18.9 Å². The van der Waals surface area contributed by atoms with Crippen LogP contribution in [-0.2, 0) is 16.0 Å². The molecule has 0 aliphatic heterocycles. The fraction of sp³-hybridized carbons (Fsp3) is 0.250. The Morgan fingerprint density at radius 3 is 2.71 bits per heavy atom. The molecule has 1 aromatic carbocycles. The van der Waals surface area contributed by atoms with E-state index in [9.17, 15) is 9.59 Å². The second-order valence-corrected chi connectivity index (χ2v) is 4.78. The number of rotatable bonds is 7. The number of aromatic nitrogens is 2. The minimum atomic E-state index is -0.791. The quantitative estimate of drug-likeness (QED) is 0.713. The maximum Gasteiger partial charge on any atom is 0.361 e. The number of hydrogen-bond acceptors (Lipinski definition) is 7. The van der Waals surface area contributed by atoms with Gasteiger partial charge < -0.3 is 20.5 Å². The first-order valence-electron chi connectivity index (χ1n) is 7.24. The van der Waals surface area contributed by atoms with E-state index in [4.69, 9.17) is 15.2 Å². The number of carbonyl (C=O) groups is 2. The van der Waals surface area contributed by atoms with Crippen molar-refractivity contribution < 1.29 is 19.1 Å². The van der Waals surface area contributed by atoms with Crippen LogP contribution in [0.3, 0.4) is 0 Å². The van der Waals surface area contributed by atoms with Crippen LogP contribution in [0.5, 0.6) is 5.75 Å². The number of ether oxygens (including phenoxy) is 2. The maximum atomic E-state index is 11.7. The third kappa shape index (κ3) is 4.67. The summed E-state index contributed by atoms with van der Waals surface area (Å²) in [6.07, 6.45) is 3.28. The van der Waals surface area contributed by atoms with Gasteiger partial charge in [-0.25, -0.2) is 14.8 Å². The van der Waals surface area contributed by atoms with Gasteiger partial charge in [0.15, 0.2) is 18.1 Å². The first-order valence-corrected chi connectivity index (χ1v) is 7.24. The molecular weight excluding hydrogens is 312 g/mol. The van der Waals surface area contributed by atoms with Crippen LogP contribution in [-0.4, -0.2) is 42.1 Å². The van der Waals surface area contributed by atoms with Gasteiger partial charge in [0.05, 0.1) is 7.11 Å². The summed E-state index contributed by atoms with van der Waals surface area (Å²) in [5.41, 5.74) is 6.38. The molecule has 8 heteroatoms. The number of nitrogen functional groups attached to an aromatic ring is 1. The van der Waals surface area contributed by atoms with Crippen LogP contribution in [0.1, 0.15) is 16.1 Å². The predicted molar refractivity (Wildman–Crippen MR) is 86.4 cm³/mol. The van der Waals surface area contributed by atoms with E-state index in [1.807, 2.05) is 24.3 Å². The van der Waals surface area contributed by atoms with Crippen LogP contribution in [0.25, 0.3) is 0 Å². The van der Waals surface area contributed by atoms with Crippen molar-refractivity contribution in [1.82, 2.24) is 15.3 Å². The number of nitrogens with two attached hydrogens (primary N) is 1. The Morgan fingerprint density at radius 1 is 1.21 bits per heavy atom. The summed E-state index contributed by atoms with van der Waals surface area (Å²) >= 11 is 0. The topological polar surface area (TPSA) is 116 Å². The molecule has 0 aliphatic rings. The lowest BCUT2D eigenvalue weighted by Crippen LogP contribution is -2.30. The molecule has 1 heterocycles. The monoisotopic (exact) mass is 330 g/mol. The molecule has 8 nitrogen and oxygen atoms in total. The largest absolute Gasteiger partial charge is 0.496 e. The molecule has 0 saturated carbocycles. The number of carbonyl (C=O) groups excluding carboxylic acids is 2. The molecular formula is C16H18N4O4. The number of methoxy groups -OCH3 is 1. The van der Waals surface area contributed by atoms with Crippen LogP contribution in [0.2, 0.25) is 0 Å². The first-order chi connectivity index (χ1) is 11.6. The molecule has 126 valence electrons. The summed E-state index contributed by atoms with van der Waals surface area (Å²) in [5, 5.41) is 2.66. The Morgan fingerprint density at radius 2 is 1.96 bits per heavy atom. The Balaban J connectivity index is 1.76. The standard InChI is InChI=1S/C16H18N4O4/c1-23-12-5-3-2-4-11(12)6-7-18-13(21)10-24-16(22)14-15(17)20-9-8-19-14/h2-5,8-9H,6-7,10H2,1H3,(H2,17,20)(H,18,21). The van der Waals surface area contributed by atoms with Gasteiger partial charge in [-0.3, -0.25) is 4.79 Å². The van der Waals surface area contributed by atoms with Crippen molar-refractivity contribution in [2.24, 2.45) is 0 Å². The van der Waals surface area contributed by atoms with Crippen LogP contribution < -0.4 is 15.8 Å². The number of anilines is 1. The number of esters is 1. The molecule has 0 unspecified atom stereocenters. The van der Waals surface area contributed by atoms with Gasteiger partial charge in [0.1, 0.15) is 5.75 Å². The van der Waals surface area contributed by atoms with Gasteiger partial charge in [-0.2, -0.15) is 0 Å². The summed E-state index contributed by atoms with van der Waals surface area (Å²) in [4.78, 5) is 31.0. The summed E-state index contributed by atoms with van der Waals surface area (Å²) in [6.45, 7) is -0.0230. The lowest BCUT2D eigenvalue weighted by Gasteiger charge is -2.09.